The third-order valence-electron chi connectivity index (χ3n) is 9.12. The molecule has 49 heavy (non-hydrogen) atoms. The van der Waals surface area contributed by atoms with Crippen molar-refractivity contribution in [3.05, 3.63) is 24.3 Å². The van der Waals surface area contributed by atoms with Gasteiger partial charge >= 0.3 is 5.97 Å². The maximum absolute atomic E-state index is 12.7. The normalized spacial score (nSPS) is 22.0. The smallest absolute Gasteiger partial charge is 0.306 e. The molecule has 6 atom stereocenters. The molecule has 1 saturated heterocycles. The number of aliphatic hydroxyl groups is 4. The lowest BCUT2D eigenvalue weighted by Crippen LogP contribution is -2.59. The first kappa shape index (κ1) is 45.7. The highest BCUT2D eigenvalue weighted by atomic mass is 16.7. The number of unbranched alkanes of at least 4 members (excludes halogenated alkanes) is 18. The van der Waals surface area contributed by atoms with E-state index in [1.165, 1.54) is 103 Å². The molecule has 0 bridgehead atoms. The summed E-state index contributed by atoms with van der Waals surface area (Å²) in [5.41, 5.74) is 0. The molecule has 0 aromatic rings. The molecule has 0 aromatic heterocycles. The van der Waals surface area contributed by atoms with Gasteiger partial charge in [-0.15, -0.1) is 0 Å². The second-order valence-corrected chi connectivity index (χ2v) is 13.7. The molecule has 0 aromatic carbocycles. The van der Waals surface area contributed by atoms with E-state index < -0.39 is 43.4 Å². The molecule has 1 aliphatic heterocycles. The first-order chi connectivity index (χ1) is 23.9. The largest absolute Gasteiger partial charge is 0.457 e. The molecule has 1 heterocycles. The summed E-state index contributed by atoms with van der Waals surface area (Å²) in [7, 11) is 0. The van der Waals surface area contributed by atoms with Gasteiger partial charge in [-0.1, -0.05) is 134 Å². The molecular formula is C40H74O9. The van der Waals surface area contributed by atoms with Crippen LogP contribution in [0.15, 0.2) is 24.3 Å². The summed E-state index contributed by atoms with van der Waals surface area (Å²) in [6.45, 7) is 4.49. The first-order valence-corrected chi connectivity index (χ1v) is 19.9. The second kappa shape index (κ2) is 32.6. The average molecular weight is 699 g/mol. The van der Waals surface area contributed by atoms with Crippen molar-refractivity contribution in [2.24, 2.45) is 0 Å². The summed E-state index contributed by atoms with van der Waals surface area (Å²) in [5, 5.41) is 39.9. The highest BCUT2D eigenvalue weighted by Gasteiger charge is 2.44. The maximum atomic E-state index is 12.7. The molecule has 9 nitrogen and oxygen atoms in total. The number of allylic oxidation sites excluding steroid dienone is 4. The summed E-state index contributed by atoms with van der Waals surface area (Å²) in [6, 6.07) is 0. The van der Waals surface area contributed by atoms with Crippen LogP contribution in [0.4, 0.5) is 0 Å². The number of esters is 1. The van der Waals surface area contributed by atoms with Gasteiger partial charge in [0.05, 0.1) is 19.8 Å². The van der Waals surface area contributed by atoms with Crippen LogP contribution in [-0.4, -0.2) is 89.6 Å². The SMILES string of the molecule is CCCCC/C=C\C/C=C\CCCCCCCCCCCC(=O)OC(COCCCCCCCCC)COC1OC(CO)C(O)C(O)C1O. The molecular weight excluding hydrogens is 624 g/mol. The summed E-state index contributed by atoms with van der Waals surface area (Å²) >= 11 is 0. The third kappa shape index (κ3) is 24.5. The lowest BCUT2D eigenvalue weighted by atomic mass is 9.99. The highest BCUT2D eigenvalue weighted by molar-refractivity contribution is 5.69. The van der Waals surface area contributed by atoms with Gasteiger partial charge in [-0.2, -0.15) is 0 Å². The topological polar surface area (TPSA) is 135 Å². The minimum Gasteiger partial charge on any atom is -0.457 e. The van der Waals surface area contributed by atoms with Crippen molar-refractivity contribution < 1.29 is 44.2 Å². The zero-order valence-electron chi connectivity index (χ0n) is 31.2. The first-order valence-electron chi connectivity index (χ1n) is 19.9. The molecule has 1 aliphatic rings. The predicted octanol–water partition coefficient (Wildman–Crippen LogP) is 7.86. The summed E-state index contributed by atoms with van der Waals surface area (Å²) in [4.78, 5) is 12.7. The Morgan fingerprint density at radius 1 is 0.653 bits per heavy atom. The van der Waals surface area contributed by atoms with Crippen molar-refractivity contribution in [1.82, 2.24) is 0 Å². The van der Waals surface area contributed by atoms with Crippen LogP contribution in [0.1, 0.15) is 162 Å². The molecule has 9 heteroatoms. The van der Waals surface area contributed by atoms with E-state index in [4.69, 9.17) is 18.9 Å². The van der Waals surface area contributed by atoms with E-state index in [0.717, 1.165) is 38.5 Å². The zero-order chi connectivity index (χ0) is 35.8. The molecule has 0 aliphatic carbocycles. The minimum absolute atomic E-state index is 0.113. The van der Waals surface area contributed by atoms with Gasteiger partial charge < -0.3 is 39.4 Å². The maximum Gasteiger partial charge on any atom is 0.306 e. The Morgan fingerprint density at radius 2 is 1.18 bits per heavy atom. The molecule has 0 radical (unpaired) electrons. The number of rotatable bonds is 33. The Balaban J connectivity index is 2.24. The van der Waals surface area contributed by atoms with Gasteiger partial charge in [0.1, 0.15) is 30.5 Å². The van der Waals surface area contributed by atoms with Gasteiger partial charge in [-0.3, -0.25) is 4.79 Å². The average Bonchev–Trinajstić information content (AvgIpc) is 3.10. The zero-order valence-corrected chi connectivity index (χ0v) is 31.2. The summed E-state index contributed by atoms with van der Waals surface area (Å²) in [6.07, 6.45) is 27.8. The number of ether oxygens (including phenoxy) is 4. The van der Waals surface area contributed by atoms with Crippen molar-refractivity contribution >= 4 is 5.97 Å². The Morgan fingerprint density at radius 3 is 1.80 bits per heavy atom. The summed E-state index contributed by atoms with van der Waals surface area (Å²) < 4.78 is 22.6. The van der Waals surface area contributed by atoms with Crippen LogP contribution in [0.25, 0.3) is 0 Å². The van der Waals surface area contributed by atoms with Crippen molar-refractivity contribution in [3.63, 3.8) is 0 Å². The van der Waals surface area contributed by atoms with Crippen molar-refractivity contribution in [2.75, 3.05) is 26.4 Å². The van der Waals surface area contributed by atoms with Crippen LogP contribution in [0.5, 0.6) is 0 Å². The standard InChI is InChI=1S/C40H74O9/c1-3-5-7-9-11-12-13-14-15-16-17-18-19-20-21-22-23-25-27-29-36(42)48-34(32-46-30-28-26-24-10-8-6-4-2)33-47-40-39(45)38(44)37(43)35(31-41)49-40/h11-12,14-15,34-35,37-41,43-45H,3-10,13,16-33H2,1-2H3/b12-11-,15-14-. The van der Waals surface area contributed by atoms with E-state index in [1.807, 2.05) is 0 Å². The van der Waals surface area contributed by atoms with Crippen LogP contribution in [-0.2, 0) is 23.7 Å². The molecule has 288 valence electrons. The Bertz CT molecular complexity index is 803. The Labute approximate surface area is 298 Å². The van der Waals surface area contributed by atoms with E-state index in [9.17, 15) is 25.2 Å². The van der Waals surface area contributed by atoms with Crippen LogP contribution in [0, 0.1) is 0 Å². The monoisotopic (exact) mass is 699 g/mol. The van der Waals surface area contributed by atoms with Crippen molar-refractivity contribution in [1.29, 1.82) is 0 Å². The van der Waals surface area contributed by atoms with E-state index in [-0.39, 0.29) is 19.2 Å². The lowest BCUT2D eigenvalue weighted by Gasteiger charge is -2.39. The summed E-state index contributed by atoms with van der Waals surface area (Å²) in [5.74, 6) is -0.320. The number of hydrogen-bond donors (Lipinski definition) is 4. The lowest BCUT2D eigenvalue weighted by molar-refractivity contribution is -0.305. The molecule has 0 spiro atoms. The van der Waals surface area contributed by atoms with Crippen LogP contribution in [0.3, 0.4) is 0 Å². The fraction of sp³-hybridized carbons (Fsp3) is 0.875. The number of hydrogen-bond acceptors (Lipinski definition) is 9. The minimum atomic E-state index is -1.53. The molecule has 1 fully saturated rings. The second-order valence-electron chi connectivity index (χ2n) is 13.7. The molecule has 0 amide bonds. The highest BCUT2D eigenvalue weighted by Crippen LogP contribution is 2.22. The number of carbonyl (C=O) groups is 1. The van der Waals surface area contributed by atoms with Crippen LogP contribution >= 0.6 is 0 Å². The van der Waals surface area contributed by atoms with Gasteiger partial charge in [0.15, 0.2) is 6.29 Å². The number of carbonyl (C=O) groups excluding carboxylic acids is 1. The number of aliphatic hydroxyl groups excluding tert-OH is 4. The van der Waals surface area contributed by atoms with Gasteiger partial charge in [0.2, 0.25) is 0 Å². The Kier molecular flexibility index (Phi) is 30.4. The van der Waals surface area contributed by atoms with Gasteiger partial charge in [-0.05, 0) is 44.9 Å². The van der Waals surface area contributed by atoms with E-state index in [2.05, 4.69) is 38.2 Å². The van der Waals surface area contributed by atoms with Gasteiger partial charge in [0.25, 0.3) is 0 Å². The molecule has 6 unspecified atom stereocenters. The third-order valence-corrected chi connectivity index (χ3v) is 9.12. The molecule has 4 N–H and O–H groups in total. The fourth-order valence-electron chi connectivity index (χ4n) is 5.93. The van der Waals surface area contributed by atoms with E-state index in [1.54, 1.807) is 0 Å². The van der Waals surface area contributed by atoms with Crippen molar-refractivity contribution in [3.8, 4) is 0 Å². The van der Waals surface area contributed by atoms with E-state index in [0.29, 0.717) is 13.0 Å². The fourth-order valence-corrected chi connectivity index (χ4v) is 5.93. The van der Waals surface area contributed by atoms with E-state index >= 15 is 0 Å². The molecule has 1 rings (SSSR count). The predicted molar refractivity (Wildman–Crippen MR) is 196 cm³/mol. The van der Waals surface area contributed by atoms with Crippen molar-refractivity contribution in [2.45, 2.75) is 198 Å². The quantitative estimate of drug-likeness (QED) is 0.0307. The Hall–Kier alpha value is -1.33. The van der Waals surface area contributed by atoms with Gasteiger partial charge in [-0.25, -0.2) is 0 Å². The van der Waals surface area contributed by atoms with Crippen LogP contribution in [0.2, 0.25) is 0 Å². The molecule has 0 saturated carbocycles. The van der Waals surface area contributed by atoms with Crippen LogP contribution < -0.4 is 0 Å². The van der Waals surface area contributed by atoms with Gasteiger partial charge in [0, 0.05) is 13.0 Å².